The molecule has 0 spiro atoms. The van der Waals surface area contributed by atoms with Crippen LogP contribution in [0.5, 0.6) is 0 Å². The zero-order valence-electron chi connectivity index (χ0n) is 7.67. The summed E-state index contributed by atoms with van der Waals surface area (Å²) in [7, 11) is 0. The summed E-state index contributed by atoms with van der Waals surface area (Å²) in [6, 6.07) is 0. The van der Waals surface area contributed by atoms with Crippen LogP contribution in [0.1, 0.15) is 31.3 Å². The topological polar surface area (TPSA) is 69.9 Å². The zero-order chi connectivity index (χ0) is 9.14. The maximum atomic E-state index is 5.72. The van der Waals surface area contributed by atoms with Gasteiger partial charge in [-0.3, -0.25) is 0 Å². The molecule has 0 aliphatic heterocycles. The highest BCUT2D eigenvalue weighted by atomic mass is 15.4. The predicted octanol–water partition coefficient (Wildman–Crippen LogP) is 0.830. The standard InChI is InChI=1S/C8H16N4/c1-3-4-5-7-8(9)12(10)6(2)11-7/h3-5,9-10H2,1-2H3. The molecule has 0 aliphatic rings. The van der Waals surface area contributed by atoms with Crippen LogP contribution in [-0.4, -0.2) is 9.66 Å². The van der Waals surface area contributed by atoms with Crippen LogP contribution >= 0.6 is 0 Å². The molecule has 0 saturated carbocycles. The average Bonchev–Trinajstić information content (AvgIpc) is 2.30. The lowest BCUT2D eigenvalue weighted by atomic mass is 10.2. The number of rotatable bonds is 3. The first-order valence-corrected chi connectivity index (χ1v) is 4.25. The number of hydrogen-bond donors (Lipinski definition) is 2. The van der Waals surface area contributed by atoms with Crippen molar-refractivity contribution in [3.05, 3.63) is 11.5 Å². The van der Waals surface area contributed by atoms with Gasteiger partial charge in [0.2, 0.25) is 0 Å². The van der Waals surface area contributed by atoms with Crippen molar-refractivity contribution in [3.63, 3.8) is 0 Å². The summed E-state index contributed by atoms with van der Waals surface area (Å²) < 4.78 is 1.44. The quantitative estimate of drug-likeness (QED) is 0.657. The summed E-state index contributed by atoms with van der Waals surface area (Å²) in [6.07, 6.45) is 3.18. The molecule has 0 unspecified atom stereocenters. The first-order chi connectivity index (χ1) is 5.66. The van der Waals surface area contributed by atoms with E-state index in [2.05, 4.69) is 11.9 Å². The Balaban J connectivity index is 2.79. The van der Waals surface area contributed by atoms with E-state index >= 15 is 0 Å². The van der Waals surface area contributed by atoms with Gasteiger partial charge >= 0.3 is 0 Å². The normalized spacial score (nSPS) is 10.5. The molecule has 4 N–H and O–H groups in total. The number of anilines is 1. The summed E-state index contributed by atoms with van der Waals surface area (Å²) in [5, 5.41) is 0. The van der Waals surface area contributed by atoms with E-state index in [1.54, 1.807) is 0 Å². The Morgan fingerprint density at radius 1 is 1.50 bits per heavy atom. The third kappa shape index (κ3) is 1.52. The van der Waals surface area contributed by atoms with Gasteiger partial charge in [0.05, 0.1) is 5.69 Å². The molecule has 1 heterocycles. The van der Waals surface area contributed by atoms with E-state index in [0.29, 0.717) is 5.82 Å². The Bertz CT molecular complexity index is 264. The van der Waals surface area contributed by atoms with Gasteiger partial charge < -0.3 is 11.6 Å². The van der Waals surface area contributed by atoms with Crippen LogP contribution in [0.2, 0.25) is 0 Å². The molecule has 4 heteroatoms. The van der Waals surface area contributed by atoms with Gasteiger partial charge in [-0.15, -0.1) is 0 Å². The smallest absolute Gasteiger partial charge is 0.145 e. The molecular weight excluding hydrogens is 152 g/mol. The highest BCUT2D eigenvalue weighted by Crippen LogP contribution is 2.12. The van der Waals surface area contributed by atoms with Crippen molar-refractivity contribution in [3.8, 4) is 0 Å². The third-order valence-corrected chi connectivity index (χ3v) is 1.97. The van der Waals surface area contributed by atoms with Crippen molar-refractivity contribution < 1.29 is 0 Å². The van der Waals surface area contributed by atoms with Gasteiger partial charge in [-0.25, -0.2) is 9.66 Å². The van der Waals surface area contributed by atoms with E-state index in [0.717, 1.165) is 30.8 Å². The molecule has 0 aliphatic carbocycles. The number of nitrogens with two attached hydrogens (primary N) is 2. The second-order valence-corrected chi connectivity index (χ2v) is 2.96. The number of nitrogens with zero attached hydrogens (tertiary/aromatic N) is 2. The van der Waals surface area contributed by atoms with Crippen LogP contribution in [0.4, 0.5) is 5.82 Å². The number of aryl methyl sites for hydroxylation is 2. The molecule has 4 nitrogen and oxygen atoms in total. The number of unbranched alkanes of at least 4 members (excludes halogenated alkanes) is 1. The molecular formula is C8H16N4. The van der Waals surface area contributed by atoms with E-state index in [9.17, 15) is 0 Å². The average molecular weight is 168 g/mol. The van der Waals surface area contributed by atoms with E-state index in [-0.39, 0.29) is 0 Å². The highest BCUT2D eigenvalue weighted by molar-refractivity contribution is 5.38. The van der Waals surface area contributed by atoms with Crippen molar-refractivity contribution in [2.45, 2.75) is 33.1 Å². The predicted molar refractivity (Wildman–Crippen MR) is 50.1 cm³/mol. The molecule has 12 heavy (non-hydrogen) atoms. The Morgan fingerprint density at radius 2 is 2.17 bits per heavy atom. The molecule has 0 bridgehead atoms. The summed E-state index contributed by atoms with van der Waals surface area (Å²) in [5.41, 5.74) is 6.65. The van der Waals surface area contributed by atoms with E-state index in [4.69, 9.17) is 11.6 Å². The molecule has 0 radical (unpaired) electrons. The van der Waals surface area contributed by atoms with Crippen molar-refractivity contribution in [2.75, 3.05) is 11.6 Å². The molecule has 0 saturated heterocycles. The number of imidazole rings is 1. The van der Waals surface area contributed by atoms with Gasteiger partial charge in [0, 0.05) is 0 Å². The summed E-state index contributed by atoms with van der Waals surface area (Å²) in [4.78, 5) is 4.26. The minimum atomic E-state index is 0.598. The lowest BCUT2D eigenvalue weighted by molar-refractivity contribution is 0.781. The molecule has 1 rings (SSSR count). The Hall–Kier alpha value is -1.19. The van der Waals surface area contributed by atoms with Crippen molar-refractivity contribution in [1.82, 2.24) is 9.66 Å². The van der Waals surface area contributed by atoms with Gasteiger partial charge in [-0.2, -0.15) is 0 Å². The Kier molecular flexibility index (Phi) is 2.58. The molecule has 0 atom stereocenters. The van der Waals surface area contributed by atoms with Crippen molar-refractivity contribution in [1.29, 1.82) is 0 Å². The van der Waals surface area contributed by atoms with Gasteiger partial charge in [0.25, 0.3) is 0 Å². The SMILES string of the molecule is CCCCc1nc(C)n(N)c1N. The largest absolute Gasteiger partial charge is 0.382 e. The maximum Gasteiger partial charge on any atom is 0.145 e. The molecule has 1 aromatic rings. The number of nitrogen functional groups attached to an aromatic ring is 2. The highest BCUT2D eigenvalue weighted by Gasteiger charge is 2.07. The van der Waals surface area contributed by atoms with E-state index < -0.39 is 0 Å². The van der Waals surface area contributed by atoms with Gasteiger partial charge in [-0.05, 0) is 19.8 Å². The van der Waals surface area contributed by atoms with Crippen LogP contribution < -0.4 is 11.6 Å². The van der Waals surface area contributed by atoms with Gasteiger partial charge in [0.1, 0.15) is 11.6 Å². The maximum absolute atomic E-state index is 5.72. The van der Waals surface area contributed by atoms with E-state index in [1.807, 2.05) is 6.92 Å². The molecule has 68 valence electrons. The van der Waals surface area contributed by atoms with Gasteiger partial charge in [0.15, 0.2) is 0 Å². The van der Waals surface area contributed by atoms with E-state index in [1.165, 1.54) is 4.68 Å². The molecule has 0 aromatic carbocycles. The Morgan fingerprint density at radius 3 is 2.58 bits per heavy atom. The fourth-order valence-corrected chi connectivity index (χ4v) is 1.15. The fourth-order valence-electron chi connectivity index (χ4n) is 1.15. The summed E-state index contributed by atoms with van der Waals surface area (Å²) in [6.45, 7) is 3.99. The lowest BCUT2D eigenvalue weighted by Gasteiger charge is -1.98. The van der Waals surface area contributed by atoms with Gasteiger partial charge in [-0.1, -0.05) is 13.3 Å². The Labute approximate surface area is 72.5 Å². The lowest BCUT2D eigenvalue weighted by Crippen LogP contribution is -2.13. The first kappa shape index (κ1) is 8.90. The summed E-state index contributed by atoms with van der Waals surface area (Å²) >= 11 is 0. The third-order valence-electron chi connectivity index (χ3n) is 1.97. The van der Waals surface area contributed by atoms with Crippen molar-refractivity contribution in [2.24, 2.45) is 0 Å². The number of hydrogen-bond acceptors (Lipinski definition) is 3. The monoisotopic (exact) mass is 168 g/mol. The van der Waals surface area contributed by atoms with Crippen LogP contribution in [0.15, 0.2) is 0 Å². The second-order valence-electron chi connectivity index (χ2n) is 2.96. The summed E-state index contributed by atoms with van der Waals surface area (Å²) in [5.74, 6) is 6.98. The van der Waals surface area contributed by atoms with Crippen molar-refractivity contribution >= 4 is 5.82 Å². The van der Waals surface area contributed by atoms with Crippen LogP contribution in [0, 0.1) is 6.92 Å². The minimum Gasteiger partial charge on any atom is -0.382 e. The fraction of sp³-hybridized carbons (Fsp3) is 0.625. The second kappa shape index (κ2) is 3.47. The number of aromatic nitrogens is 2. The van der Waals surface area contributed by atoms with Crippen LogP contribution in [0.25, 0.3) is 0 Å². The zero-order valence-corrected chi connectivity index (χ0v) is 7.67. The van der Waals surface area contributed by atoms with Crippen LogP contribution in [0.3, 0.4) is 0 Å². The molecule has 1 aromatic heterocycles. The van der Waals surface area contributed by atoms with Crippen LogP contribution in [-0.2, 0) is 6.42 Å². The first-order valence-electron chi connectivity index (χ1n) is 4.25. The molecule has 0 amide bonds. The minimum absolute atomic E-state index is 0.598. The molecule has 0 fully saturated rings.